The maximum atomic E-state index is 12.9. The molecule has 7 nitrogen and oxygen atoms in total. The molecule has 7 heteroatoms. The summed E-state index contributed by atoms with van der Waals surface area (Å²) < 4.78 is 5.44. The predicted molar refractivity (Wildman–Crippen MR) is 140 cm³/mol. The van der Waals surface area contributed by atoms with Crippen LogP contribution in [0.25, 0.3) is 11.3 Å². The van der Waals surface area contributed by atoms with Crippen LogP contribution < -0.4 is 5.32 Å². The molecule has 188 valence electrons. The Labute approximate surface area is 212 Å². The van der Waals surface area contributed by atoms with Crippen LogP contribution in [0, 0.1) is 5.92 Å². The topological polar surface area (TPSA) is 87.3 Å². The summed E-state index contributed by atoms with van der Waals surface area (Å²) in [6.45, 7) is 7.72. The summed E-state index contributed by atoms with van der Waals surface area (Å²) in [4.78, 5) is 34.9. The second-order valence-electron chi connectivity index (χ2n) is 10.8. The van der Waals surface area contributed by atoms with Gasteiger partial charge in [-0.15, -0.1) is 0 Å². The lowest BCUT2D eigenvalue weighted by atomic mass is 9.90. The maximum absolute atomic E-state index is 12.9. The van der Waals surface area contributed by atoms with Crippen molar-refractivity contribution in [2.45, 2.75) is 52.1 Å². The number of aryl methyl sites for hydroxylation is 1. The number of ketones is 1. The molecule has 0 spiro atoms. The van der Waals surface area contributed by atoms with Gasteiger partial charge in [0.2, 0.25) is 0 Å². The number of anilines is 1. The van der Waals surface area contributed by atoms with Crippen molar-refractivity contribution in [2.24, 2.45) is 5.92 Å². The Morgan fingerprint density at radius 3 is 2.69 bits per heavy atom. The Morgan fingerprint density at radius 2 is 1.94 bits per heavy atom. The molecule has 3 aromatic rings. The number of likely N-dealkylation sites (tertiary alicyclic amines) is 1. The van der Waals surface area contributed by atoms with Gasteiger partial charge in [-0.25, -0.2) is 9.78 Å². The summed E-state index contributed by atoms with van der Waals surface area (Å²) in [6.07, 6.45) is 4.66. The third kappa shape index (κ3) is 5.30. The van der Waals surface area contributed by atoms with Gasteiger partial charge in [0.05, 0.1) is 5.69 Å². The van der Waals surface area contributed by atoms with Crippen LogP contribution in [0.1, 0.15) is 60.8 Å². The second-order valence-corrected chi connectivity index (χ2v) is 10.8. The molecular weight excluding hydrogens is 452 g/mol. The maximum Gasteiger partial charge on any atom is 0.410 e. The summed E-state index contributed by atoms with van der Waals surface area (Å²) in [5, 5.41) is 3.43. The van der Waals surface area contributed by atoms with Crippen LogP contribution in [0.3, 0.4) is 0 Å². The summed E-state index contributed by atoms with van der Waals surface area (Å²) in [5.74, 6) is 1.37. The Morgan fingerprint density at radius 1 is 1.17 bits per heavy atom. The molecule has 0 atom stereocenters. The fourth-order valence-corrected chi connectivity index (χ4v) is 5.00. The molecule has 0 saturated carbocycles. The number of hydrogen-bond acceptors (Lipinski definition) is 5. The number of Topliss-reactive ketones (excluding diaryl/α,β-unsaturated/α-hetero) is 1. The Kier molecular flexibility index (Phi) is 6.56. The van der Waals surface area contributed by atoms with Gasteiger partial charge < -0.3 is 19.9 Å². The average Bonchev–Trinajstić information content (AvgIpc) is 3.17. The summed E-state index contributed by atoms with van der Waals surface area (Å²) >= 11 is 0. The molecule has 1 aliphatic heterocycles. The van der Waals surface area contributed by atoms with Crippen LogP contribution >= 0.6 is 0 Å². The van der Waals surface area contributed by atoms with Gasteiger partial charge in [0.25, 0.3) is 0 Å². The van der Waals surface area contributed by atoms with Gasteiger partial charge in [-0.3, -0.25) is 4.79 Å². The average molecular weight is 487 g/mol. The van der Waals surface area contributed by atoms with Crippen molar-refractivity contribution in [2.75, 3.05) is 25.0 Å². The molecule has 0 radical (unpaired) electrons. The fourth-order valence-electron chi connectivity index (χ4n) is 5.00. The highest BCUT2D eigenvalue weighted by atomic mass is 16.6. The van der Waals surface area contributed by atoms with E-state index in [1.807, 2.05) is 51.1 Å². The number of nitrogens with one attached hydrogen (secondary N) is 2. The first-order valence-corrected chi connectivity index (χ1v) is 12.8. The fraction of sp³-hybridized carbons (Fsp3) is 0.414. The van der Waals surface area contributed by atoms with Crippen LogP contribution in [-0.4, -0.2) is 52.0 Å². The van der Waals surface area contributed by atoms with Crippen molar-refractivity contribution >= 4 is 17.7 Å². The number of benzene rings is 1. The molecule has 2 aromatic heterocycles. The van der Waals surface area contributed by atoms with E-state index in [1.54, 1.807) is 11.1 Å². The summed E-state index contributed by atoms with van der Waals surface area (Å²) in [5.41, 5.74) is 5.73. The first-order chi connectivity index (χ1) is 17.3. The highest BCUT2D eigenvalue weighted by Crippen LogP contribution is 2.35. The van der Waals surface area contributed by atoms with Gasteiger partial charge in [0, 0.05) is 61.4 Å². The van der Waals surface area contributed by atoms with E-state index in [-0.39, 0.29) is 11.9 Å². The molecule has 1 aliphatic carbocycles. The van der Waals surface area contributed by atoms with Crippen LogP contribution in [0.5, 0.6) is 0 Å². The number of amides is 1. The number of nitrogens with zero attached hydrogens (tertiary/aromatic N) is 2. The molecule has 2 aliphatic rings. The van der Waals surface area contributed by atoms with Crippen LogP contribution in [0.4, 0.5) is 10.6 Å². The van der Waals surface area contributed by atoms with Crippen molar-refractivity contribution in [3.8, 4) is 11.3 Å². The summed E-state index contributed by atoms with van der Waals surface area (Å²) in [6, 6.07) is 14.3. The molecule has 2 N–H and O–H groups in total. The van der Waals surface area contributed by atoms with Crippen molar-refractivity contribution < 1.29 is 14.3 Å². The van der Waals surface area contributed by atoms with Gasteiger partial charge >= 0.3 is 6.09 Å². The number of fused-ring (bicyclic) bond motifs is 1. The Hall–Kier alpha value is -3.61. The lowest BCUT2D eigenvalue weighted by Gasteiger charge is -2.39. The molecular formula is C29H34N4O3. The normalized spacial score (nSPS) is 15.9. The standard InChI is InChI=1S/C29H34N4O3/c1-29(2,3)36-28(35)33-17-20(18-33)16-31-25-15-21(12-13-30-25)27-22(14-19-8-5-4-6-9-19)26-23(32-27)10-7-11-24(26)34/h4-6,8-9,12-13,15,20,32H,7,10-11,14,16-18H2,1-3H3,(H,30,31). The zero-order valence-electron chi connectivity index (χ0n) is 21.3. The van der Waals surface area contributed by atoms with Crippen LogP contribution in [-0.2, 0) is 17.6 Å². The van der Waals surface area contributed by atoms with Gasteiger partial charge in [0.1, 0.15) is 11.4 Å². The monoisotopic (exact) mass is 486 g/mol. The van der Waals surface area contributed by atoms with E-state index in [2.05, 4.69) is 27.4 Å². The number of hydrogen-bond donors (Lipinski definition) is 2. The first-order valence-electron chi connectivity index (χ1n) is 12.8. The minimum Gasteiger partial charge on any atom is -0.444 e. The minimum absolute atomic E-state index is 0.233. The molecule has 0 bridgehead atoms. The number of rotatable bonds is 6. The zero-order valence-corrected chi connectivity index (χ0v) is 21.3. The number of pyridine rings is 1. The summed E-state index contributed by atoms with van der Waals surface area (Å²) in [7, 11) is 0. The zero-order chi connectivity index (χ0) is 25.3. The smallest absolute Gasteiger partial charge is 0.410 e. The largest absolute Gasteiger partial charge is 0.444 e. The first kappa shape index (κ1) is 24.1. The number of aromatic nitrogens is 2. The van der Waals surface area contributed by atoms with E-state index in [4.69, 9.17) is 4.74 Å². The number of carbonyl (C=O) groups is 2. The third-order valence-corrected chi connectivity index (χ3v) is 6.74. The van der Waals surface area contributed by atoms with Crippen molar-refractivity contribution in [3.05, 3.63) is 71.0 Å². The lowest BCUT2D eigenvalue weighted by Crippen LogP contribution is -2.53. The van der Waals surface area contributed by atoms with Gasteiger partial charge in [-0.2, -0.15) is 0 Å². The number of ether oxygens (including phenoxy) is 1. The molecule has 3 heterocycles. The SMILES string of the molecule is CC(C)(C)OC(=O)N1CC(CNc2cc(-c3[nH]c4c(c3Cc3ccccc3)C(=O)CCC4)ccn2)C1. The molecule has 36 heavy (non-hydrogen) atoms. The van der Waals surface area contributed by atoms with Gasteiger partial charge in [-0.1, -0.05) is 30.3 Å². The third-order valence-electron chi connectivity index (χ3n) is 6.74. The van der Waals surface area contributed by atoms with E-state index >= 15 is 0 Å². The quantitative estimate of drug-likeness (QED) is 0.483. The number of carbonyl (C=O) groups excluding carboxylic acids is 2. The molecule has 0 unspecified atom stereocenters. The lowest BCUT2D eigenvalue weighted by molar-refractivity contribution is 0.000831. The molecule has 1 amide bonds. The molecule has 5 rings (SSSR count). The highest BCUT2D eigenvalue weighted by Gasteiger charge is 2.33. The second kappa shape index (κ2) is 9.80. The van der Waals surface area contributed by atoms with Crippen LogP contribution in [0.15, 0.2) is 48.7 Å². The van der Waals surface area contributed by atoms with E-state index in [1.165, 1.54) is 5.56 Å². The number of H-pyrrole nitrogens is 1. The Bertz CT molecular complexity index is 1250. The molecule has 1 saturated heterocycles. The highest BCUT2D eigenvalue weighted by molar-refractivity contribution is 6.01. The Balaban J connectivity index is 1.30. The van der Waals surface area contributed by atoms with Gasteiger partial charge in [-0.05, 0) is 56.9 Å². The van der Waals surface area contributed by atoms with Crippen molar-refractivity contribution in [3.63, 3.8) is 0 Å². The minimum atomic E-state index is -0.480. The van der Waals surface area contributed by atoms with Gasteiger partial charge in [0.15, 0.2) is 5.78 Å². The van der Waals surface area contributed by atoms with Crippen molar-refractivity contribution in [1.82, 2.24) is 14.9 Å². The van der Waals surface area contributed by atoms with Crippen LogP contribution in [0.2, 0.25) is 0 Å². The van der Waals surface area contributed by atoms with E-state index in [9.17, 15) is 9.59 Å². The predicted octanol–water partition coefficient (Wildman–Crippen LogP) is 5.47. The van der Waals surface area contributed by atoms with E-state index in [0.29, 0.717) is 31.8 Å². The molecule has 1 fully saturated rings. The van der Waals surface area contributed by atoms with E-state index < -0.39 is 5.60 Å². The van der Waals surface area contributed by atoms with E-state index in [0.717, 1.165) is 53.3 Å². The molecule has 1 aromatic carbocycles. The van der Waals surface area contributed by atoms with Crippen molar-refractivity contribution in [1.29, 1.82) is 0 Å². The number of aromatic amines is 1.